The highest BCUT2D eigenvalue weighted by atomic mass is 32.1. The lowest BCUT2D eigenvalue weighted by Gasteiger charge is -2.37. The number of aliphatic hydroxyl groups excluding tert-OH is 1. The van der Waals surface area contributed by atoms with Gasteiger partial charge in [-0.3, -0.25) is 4.90 Å². The Kier molecular flexibility index (Phi) is 5.66. The maximum atomic E-state index is 14.7. The standard InChI is InChI=1S/C21H21F2N3OS/c22-16-4-1-3-15(13-16)14-25-8-10-26(11-9-25)19-17(5-2-6-18(19)23)20(27)21-24-7-12-28-21/h1-7,12-13,20,27H,8-11,14H2. The first-order valence-electron chi connectivity index (χ1n) is 9.19. The molecule has 0 aliphatic carbocycles. The van der Waals surface area contributed by atoms with E-state index >= 15 is 0 Å². The Morgan fingerprint density at radius 3 is 2.57 bits per heavy atom. The average molecular weight is 401 g/mol. The maximum Gasteiger partial charge on any atom is 0.146 e. The minimum absolute atomic E-state index is 0.233. The minimum Gasteiger partial charge on any atom is -0.381 e. The molecule has 1 N–H and O–H groups in total. The Hall–Kier alpha value is -2.35. The second-order valence-electron chi connectivity index (χ2n) is 6.84. The highest BCUT2D eigenvalue weighted by Gasteiger charge is 2.26. The highest BCUT2D eigenvalue weighted by Crippen LogP contribution is 2.34. The van der Waals surface area contributed by atoms with E-state index in [1.54, 1.807) is 35.8 Å². The molecule has 2 heterocycles. The van der Waals surface area contributed by atoms with Crippen LogP contribution in [0.3, 0.4) is 0 Å². The number of nitrogens with zero attached hydrogens (tertiary/aromatic N) is 3. The summed E-state index contributed by atoms with van der Waals surface area (Å²) in [4.78, 5) is 8.36. The summed E-state index contributed by atoms with van der Waals surface area (Å²) in [5.74, 6) is -0.574. The third-order valence-electron chi connectivity index (χ3n) is 4.98. The lowest BCUT2D eigenvalue weighted by Crippen LogP contribution is -2.46. The van der Waals surface area contributed by atoms with Gasteiger partial charge < -0.3 is 10.0 Å². The van der Waals surface area contributed by atoms with Crippen molar-refractivity contribution in [3.05, 3.63) is 81.8 Å². The summed E-state index contributed by atoms with van der Waals surface area (Å²) in [7, 11) is 0. The monoisotopic (exact) mass is 401 g/mol. The number of piperazine rings is 1. The molecular formula is C21H21F2N3OS. The van der Waals surface area contributed by atoms with Crippen molar-refractivity contribution in [2.24, 2.45) is 0 Å². The smallest absolute Gasteiger partial charge is 0.146 e. The average Bonchev–Trinajstić information content (AvgIpc) is 3.23. The molecule has 0 radical (unpaired) electrons. The number of rotatable bonds is 5. The van der Waals surface area contributed by atoms with Crippen LogP contribution in [0.25, 0.3) is 0 Å². The van der Waals surface area contributed by atoms with Crippen LogP contribution < -0.4 is 4.90 Å². The normalized spacial score (nSPS) is 16.3. The fraction of sp³-hybridized carbons (Fsp3) is 0.286. The van der Waals surface area contributed by atoms with Crippen LogP contribution in [0, 0.1) is 11.6 Å². The molecule has 4 rings (SSSR count). The van der Waals surface area contributed by atoms with Gasteiger partial charge in [0.1, 0.15) is 22.7 Å². The van der Waals surface area contributed by atoms with Crippen LogP contribution in [0.15, 0.2) is 54.0 Å². The molecule has 0 bridgehead atoms. The second kappa shape index (κ2) is 8.34. The third kappa shape index (κ3) is 4.06. The molecule has 1 saturated heterocycles. The van der Waals surface area contributed by atoms with Crippen molar-refractivity contribution >= 4 is 17.0 Å². The molecule has 1 aromatic heterocycles. The molecular weight excluding hydrogens is 380 g/mol. The molecule has 28 heavy (non-hydrogen) atoms. The fourth-order valence-electron chi connectivity index (χ4n) is 3.61. The molecule has 1 aliphatic heterocycles. The quantitative estimate of drug-likeness (QED) is 0.706. The Labute approximate surface area is 166 Å². The van der Waals surface area contributed by atoms with Gasteiger partial charge in [0.05, 0.1) is 5.69 Å². The summed E-state index contributed by atoms with van der Waals surface area (Å²) >= 11 is 1.35. The number of benzene rings is 2. The Bertz CT molecular complexity index is 927. The van der Waals surface area contributed by atoms with Gasteiger partial charge in [0.25, 0.3) is 0 Å². The van der Waals surface area contributed by atoms with Crippen molar-refractivity contribution in [1.29, 1.82) is 0 Å². The zero-order valence-corrected chi connectivity index (χ0v) is 16.1. The Morgan fingerprint density at radius 2 is 1.86 bits per heavy atom. The van der Waals surface area contributed by atoms with E-state index in [2.05, 4.69) is 9.88 Å². The van der Waals surface area contributed by atoms with Gasteiger partial charge >= 0.3 is 0 Å². The SMILES string of the molecule is OC(c1nccs1)c1cccc(F)c1N1CCN(Cc2cccc(F)c2)CC1. The zero-order valence-electron chi connectivity index (χ0n) is 15.3. The number of halogens is 2. The molecule has 1 fully saturated rings. The molecule has 4 nitrogen and oxygen atoms in total. The summed E-state index contributed by atoms with van der Waals surface area (Å²) in [6.07, 6.45) is 0.684. The summed E-state index contributed by atoms with van der Waals surface area (Å²) < 4.78 is 28.1. The number of aromatic nitrogens is 1. The second-order valence-corrected chi connectivity index (χ2v) is 7.77. The van der Waals surface area contributed by atoms with E-state index in [9.17, 15) is 13.9 Å². The predicted molar refractivity (Wildman–Crippen MR) is 106 cm³/mol. The van der Waals surface area contributed by atoms with Crippen LogP contribution >= 0.6 is 11.3 Å². The van der Waals surface area contributed by atoms with Crippen molar-refractivity contribution in [1.82, 2.24) is 9.88 Å². The molecule has 0 saturated carbocycles. The molecule has 0 amide bonds. The molecule has 1 unspecified atom stereocenters. The van der Waals surface area contributed by atoms with Crippen molar-refractivity contribution in [2.45, 2.75) is 12.6 Å². The van der Waals surface area contributed by atoms with Crippen LogP contribution in [-0.4, -0.2) is 41.2 Å². The number of thiazole rings is 1. The third-order valence-corrected chi connectivity index (χ3v) is 5.81. The maximum absolute atomic E-state index is 14.7. The zero-order chi connectivity index (χ0) is 19.5. The van der Waals surface area contributed by atoms with Gasteiger partial charge in [0.2, 0.25) is 0 Å². The lowest BCUT2D eigenvalue weighted by molar-refractivity contribution is 0.218. The van der Waals surface area contributed by atoms with Gasteiger partial charge in [-0.15, -0.1) is 11.3 Å². The minimum atomic E-state index is -0.948. The number of hydrogen-bond donors (Lipinski definition) is 1. The van der Waals surface area contributed by atoms with Gasteiger partial charge in [-0.05, 0) is 23.8 Å². The van der Waals surface area contributed by atoms with Crippen LogP contribution in [0.1, 0.15) is 22.2 Å². The van der Waals surface area contributed by atoms with E-state index in [1.165, 1.54) is 23.5 Å². The molecule has 0 spiro atoms. The van der Waals surface area contributed by atoms with Crippen molar-refractivity contribution in [2.75, 3.05) is 31.1 Å². The Morgan fingerprint density at radius 1 is 1.07 bits per heavy atom. The molecule has 2 aromatic carbocycles. The van der Waals surface area contributed by atoms with E-state index in [0.29, 0.717) is 35.9 Å². The predicted octanol–water partition coefficient (Wildman–Crippen LogP) is 3.83. The first-order chi connectivity index (χ1) is 13.6. The van der Waals surface area contributed by atoms with E-state index in [1.807, 2.05) is 11.0 Å². The van der Waals surface area contributed by atoms with E-state index in [4.69, 9.17) is 0 Å². The van der Waals surface area contributed by atoms with Gasteiger partial charge in [0, 0.05) is 49.9 Å². The van der Waals surface area contributed by atoms with Crippen molar-refractivity contribution in [3.63, 3.8) is 0 Å². The number of hydrogen-bond acceptors (Lipinski definition) is 5. The van der Waals surface area contributed by atoms with E-state index < -0.39 is 6.10 Å². The van der Waals surface area contributed by atoms with Crippen LogP contribution in [0.4, 0.5) is 14.5 Å². The summed E-state index contributed by atoms with van der Waals surface area (Å²) in [5, 5.41) is 13.0. The largest absolute Gasteiger partial charge is 0.381 e. The van der Waals surface area contributed by atoms with E-state index in [-0.39, 0.29) is 11.6 Å². The van der Waals surface area contributed by atoms with E-state index in [0.717, 1.165) is 18.7 Å². The van der Waals surface area contributed by atoms with Crippen molar-refractivity contribution < 1.29 is 13.9 Å². The summed E-state index contributed by atoms with van der Waals surface area (Å²) in [5.41, 5.74) is 1.91. The van der Waals surface area contributed by atoms with Crippen LogP contribution in [-0.2, 0) is 6.54 Å². The van der Waals surface area contributed by atoms with Gasteiger partial charge in [-0.25, -0.2) is 13.8 Å². The van der Waals surface area contributed by atoms with Gasteiger partial charge in [-0.1, -0.05) is 24.3 Å². The number of anilines is 1. The molecule has 1 atom stereocenters. The fourth-order valence-corrected chi connectivity index (χ4v) is 4.25. The molecule has 1 aliphatic rings. The summed E-state index contributed by atoms with van der Waals surface area (Å²) in [6.45, 7) is 3.40. The first kappa shape index (κ1) is 19.0. The van der Waals surface area contributed by atoms with Gasteiger partial charge in [0.15, 0.2) is 0 Å². The lowest BCUT2D eigenvalue weighted by atomic mass is 10.0. The number of para-hydroxylation sites is 1. The van der Waals surface area contributed by atoms with Crippen molar-refractivity contribution in [3.8, 4) is 0 Å². The topological polar surface area (TPSA) is 39.6 Å². The highest BCUT2D eigenvalue weighted by molar-refractivity contribution is 7.09. The Balaban J connectivity index is 1.49. The first-order valence-corrected chi connectivity index (χ1v) is 10.1. The molecule has 146 valence electrons. The molecule has 3 aromatic rings. The number of aliphatic hydroxyl groups is 1. The molecule has 7 heteroatoms. The van der Waals surface area contributed by atoms with Crippen LogP contribution in [0.2, 0.25) is 0 Å². The summed E-state index contributed by atoms with van der Waals surface area (Å²) in [6, 6.07) is 11.4. The van der Waals surface area contributed by atoms with Gasteiger partial charge in [-0.2, -0.15) is 0 Å². The van der Waals surface area contributed by atoms with Crippen LogP contribution in [0.5, 0.6) is 0 Å².